The molecule has 0 aliphatic heterocycles. The summed E-state index contributed by atoms with van der Waals surface area (Å²) in [5, 5.41) is 0. The second kappa shape index (κ2) is 5.46. The van der Waals surface area contributed by atoms with Crippen LogP contribution in [0, 0.1) is 36.3 Å². The van der Waals surface area contributed by atoms with Crippen LogP contribution in [0.3, 0.4) is 0 Å². The first-order valence-corrected chi connectivity index (χ1v) is 8.02. The Kier molecular flexibility index (Phi) is 3.83. The molecule has 20 heavy (non-hydrogen) atoms. The van der Waals surface area contributed by atoms with E-state index in [4.69, 9.17) is 0 Å². The summed E-state index contributed by atoms with van der Waals surface area (Å²) in [7, 11) is 0. The molecule has 3 rings (SSSR count). The van der Waals surface area contributed by atoms with Gasteiger partial charge in [0.15, 0.2) is 11.6 Å². The lowest BCUT2D eigenvalue weighted by molar-refractivity contribution is 0.195. The molecule has 0 nitrogen and oxygen atoms in total. The maximum Gasteiger partial charge on any atom is 0.162 e. The van der Waals surface area contributed by atoms with Gasteiger partial charge in [0.25, 0.3) is 0 Å². The van der Waals surface area contributed by atoms with E-state index >= 15 is 0 Å². The molecule has 0 aromatic heterocycles. The van der Waals surface area contributed by atoms with Gasteiger partial charge in [0.05, 0.1) is 0 Å². The van der Waals surface area contributed by atoms with Gasteiger partial charge in [-0.15, -0.1) is 0 Å². The van der Waals surface area contributed by atoms with Gasteiger partial charge < -0.3 is 0 Å². The number of halogens is 2. The van der Waals surface area contributed by atoms with Crippen LogP contribution in [-0.4, -0.2) is 0 Å². The molecule has 0 spiro atoms. The maximum absolute atomic E-state index is 14.2. The molecule has 1 fully saturated rings. The SMILES string of the molecule is Cc1cc2c(c(F)c1F)CC(C1CCC(C)CC1)CC2. The minimum Gasteiger partial charge on any atom is -0.203 e. The van der Waals surface area contributed by atoms with Gasteiger partial charge in [0.1, 0.15) is 0 Å². The van der Waals surface area contributed by atoms with Crippen molar-refractivity contribution in [2.75, 3.05) is 0 Å². The second-order valence-corrected chi connectivity index (χ2v) is 6.98. The molecule has 1 unspecified atom stereocenters. The normalized spacial score (nSPS) is 30.1. The van der Waals surface area contributed by atoms with E-state index < -0.39 is 11.6 Å². The fourth-order valence-electron chi connectivity index (χ4n) is 4.17. The molecule has 110 valence electrons. The molecule has 1 aromatic rings. The van der Waals surface area contributed by atoms with Gasteiger partial charge in [0, 0.05) is 0 Å². The fourth-order valence-corrected chi connectivity index (χ4v) is 4.17. The van der Waals surface area contributed by atoms with Crippen LogP contribution in [0.15, 0.2) is 6.07 Å². The van der Waals surface area contributed by atoms with E-state index in [-0.39, 0.29) is 0 Å². The lowest BCUT2D eigenvalue weighted by atomic mass is 9.70. The molecule has 0 N–H and O–H groups in total. The molecule has 0 amide bonds. The first-order chi connectivity index (χ1) is 9.56. The lowest BCUT2D eigenvalue weighted by Crippen LogP contribution is -2.27. The molecule has 1 atom stereocenters. The molecule has 0 saturated heterocycles. The summed E-state index contributed by atoms with van der Waals surface area (Å²) in [6.45, 7) is 3.98. The van der Waals surface area contributed by atoms with E-state index in [1.165, 1.54) is 25.7 Å². The third-order valence-electron chi connectivity index (χ3n) is 5.56. The van der Waals surface area contributed by atoms with Crippen LogP contribution < -0.4 is 0 Å². The first kappa shape index (κ1) is 14.0. The summed E-state index contributed by atoms with van der Waals surface area (Å²) >= 11 is 0. The molecule has 2 aliphatic rings. The van der Waals surface area contributed by atoms with Gasteiger partial charge in [0.2, 0.25) is 0 Å². The number of hydrogen-bond donors (Lipinski definition) is 0. The molecule has 0 heterocycles. The van der Waals surface area contributed by atoms with Gasteiger partial charge in [-0.3, -0.25) is 0 Å². The van der Waals surface area contributed by atoms with Crippen molar-refractivity contribution in [2.24, 2.45) is 17.8 Å². The number of rotatable bonds is 1. The summed E-state index contributed by atoms with van der Waals surface area (Å²) in [5.41, 5.74) is 2.16. The van der Waals surface area contributed by atoms with Crippen molar-refractivity contribution >= 4 is 0 Å². The summed E-state index contributed by atoms with van der Waals surface area (Å²) in [5.74, 6) is 0.921. The minimum absolute atomic E-state index is 0.450. The Labute approximate surface area is 120 Å². The molecular formula is C18H24F2. The molecule has 1 saturated carbocycles. The number of benzene rings is 1. The zero-order valence-electron chi connectivity index (χ0n) is 12.5. The highest BCUT2D eigenvalue weighted by Gasteiger charge is 2.31. The van der Waals surface area contributed by atoms with Crippen molar-refractivity contribution in [2.45, 2.75) is 58.8 Å². The van der Waals surface area contributed by atoms with Crippen LogP contribution >= 0.6 is 0 Å². The molecular weight excluding hydrogens is 254 g/mol. The monoisotopic (exact) mass is 278 g/mol. The Morgan fingerprint density at radius 1 is 0.950 bits per heavy atom. The molecule has 0 radical (unpaired) electrons. The van der Waals surface area contributed by atoms with E-state index in [9.17, 15) is 8.78 Å². The van der Waals surface area contributed by atoms with E-state index in [0.717, 1.165) is 36.7 Å². The van der Waals surface area contributed by atoms with E-state index in [1.807, 2.05) is 6.07 Å². The van der Waals surface area contributed by atoms with E-state index in [2.05, 4.69) is 6.92 Å². The van der Waals surface area contributed by atoms with Crippen molar-refractivity contribution in [1.82, 2.24) is 0 Å². The van der Waals surface area contributed by atoms with Crippen LogP contribution in [0.5, 0.6) is 0 Å². The van der Waals surface area contributed by atoms with Gasteiger partial charge in [-0.2, -0.15) is 0 Å². The summed E-state index contributed by atoms with van der Waals surface area (Å²) < 4.78 is 27.9. The predicted molar refractivity (Wildman–Crippen MR) is 77.7 cm³/mol. The summed E-state index contributed by atoms with van der Waals surface area (Å²) in [6.07, 6.45) is 7.98. The number of aryl methyl sites for hydroxylation is 2. The second-order valence-electron chi connectivity index (χ2n) is 6.98. The highest BCUT2D eigenvalue weighted by Crippen LogP contribution is 2.40. The van der Waals surface area contributed by atoms with Crippen LogP contribution in [0.1, 0.15) is 55.7 Å². The average molecular weight is 278 g/mol. The van der Waals surface area contributed by atoms with Gasteiger partial charge >= 0.3 is 0 Å². The third kappa shape index (κ3) is 2.49. The quantitative estimate of drug-likeness (QED) is 0.662. The predicted octanol–water partition coefficient (Wildman–Crippen LogP) is 5.20. The van der Waals surface area contributed by atoms with Crippen molar-refractivity contribution in [1.29, 1.82) is 0 Å². The Balaban J connectivity index is 1.80. The maximum atomic E-state index is 14.2. The molecule has 1 aromatic carbocycles. The van der Waals surface area contributed by atoms with Crippen LogP contribution in [0.25, 0.3) is 0 Å². The molecule has 0 bridgehead atoms. The van der Waals surface area contributed by atoms with Crippen molar-refractivity contribution in [3.63, 3.8) is 0 Å². The average Bonchev–Trinajstić information content (AvgIpc) is 2.46. The van der Waals surface area contributed by atoms with Crippen LogP contribution in [0.2, 0.25) is 0 Å². The summed E-state index contributed by atoms with van der Waals surface area (Å²) in [4.78, 5) is 0. The highest BCUT2D eigenvalue weighted by atomic mass is 19.2. The Morgan fingerprint density at radius 2 is 1.65 bits per heavy atom. The Morgan fingerprint density at radius 3 is 2.35 bits per heavy atom. The van der Waals surface area contributed by atoms with Crippen molar-refractivity contribution < 1.29 is 8.78 Å². The van der Waals surface area contributed by atoms with Crippen LogP contribution in [0.4, 0.5) is 8.78 Å². The first-order valence-electron chi connectivity index (χ1n) is 8.02. The lowest BCUT2D eigenvalue weighted by Gasteiger charge is -2.36. The standard InChI is InChI=1S/C18H24F2/c1-11-3-5-13(6-4-11)14-7-8-15-9-12(2)17(19)18(20)16(15)10-14/h9,11,13-14H,3-8,10H2,1-2H3. The molecule has 2 aliphatic carbocycles. The Hall–Kier alpha value is -0.920. The topological polar surface area (TPSA) is 0 Å². The van der Waals surface area contributed by atoms with Gasteiger partial charge in [-0.1, -0.05) is 25.8 Å². The summed E-state index contributed by atoms with van der Waals surface area (Å²) in [6, 6.07) is 1.85. The zero-order chi connectivity index (χ0) is 14.3. The van der Waals surface area contributed by atoms with Gasteiger partial charge in [-0.25, -0.2) is 8.78 Å². The fraction of sp³-hybridized carbons (Fsp3) is 0.667. The van der Waals surface area contributed by atoms with E-state index in [1.54, 1.807) is 6.92 Å². The van der Waals surface area contributed by atoms with Crippen LogP contribution in [-0.2, 0) is 12.8 Å². The molecule has 2 heteroatoms. The highest BCUT2D eigenvalue weighted by molar-refractivity contribution is 5.36. The number of fused-ring (bicyclic) bond motifs is 1. The largest absolute Gasteiger partial charge is 0.203 e. The smallest absolute Gasteiger partial charge is 0.162 e. The zero-order valence-corrected chi connectivity index (χ0v) is 12.5. The van der Waals surface area contributed by atoms with Gasteiger partial charge in [-0.05, 0) is 73.5 Å². The van der Waals surface area contributed by atoms with E-state index in [0.29, 0.717) is 17.0 Å². The Bertz CT molecular complexity index is 499. The minimum atomic E-state index is -0.637. The van der Waals surface area contributed by atoms with Crippen molar-refractivity contribution in [3.8, 4) is 0 Å². The van der Waals surface area contributed by atoms with Crippen molar-refractivity contribution in [3.05, 3.63) is 34.4 Å². The third-order valence-corrected chi connectivity index (χ3v) is 5.56. The number of hydrogen-bond acceptors (Lipinski definition) is 0.